The molecule has 0 bridgehead atoms. The van der Waals surface area contributed by atoms with E-state index in [0.29, 0.717) is 0 Å². The van der Waals surface area contributed by atoms with Gasteiger partial charge in [-0.05, 0) is 12.5 Å². The van der Waals surface area contributed by atoms with Gasteiger partial charge in [0.05, 0.1) is 19.4 Å². The molecule has 0 unspecified atom stereocenters. The van der Waals surface area contributed by atoms with Gasteiger partial charge in [-0.2, -0.15) is 16.9 Å². The molecule has 1 aromatic carbocycles. The fraction of sp³-hybridized carbons (Fsp3) is 0.429. The molecule has 4 rings (SSSR count). The summed E-state index contributed by atoms with van der Waals surface area (Å²) in [5, 5.41) is 4.42. The van der Waals surface area contributed by atoms with Gasteiger partial charge in [0, 0.05) is 56.9 Å². The molecule has 3 heterocycles. The molecule has 1 N–H and O–H groups in total. The Balaban J connectivity index is 0.00000240. The number of thioether (sulfide) groups is 1. The van der Waals surface area contributed by atoms with Gasteiger partial charge in [0.15, 0.2) is 5.82 Å². The Kier molecular flexibility index (Phi) is 6.34. The number of aromatic nitrogens is 1. The van der Waals surface area contributed by atoms with Crippen LogP contribution in [-0.2, 0) is 4.74 Å². The Morgan fingerprint density at radius 2 is 1.93 bits per heavy atom. The van der Waals surface area contributed by atoms with Crippen molar-refractivity contribution in [2.75, 3.05) is 66.1 Å². The van der Waals surface area contributed by atoms with Gasteiger partial charge in [0.2, 0.25) is 0 Å². The lowest BCUT2D eigenvalue weighted by atomic mass is 10.2. The number of nitrogens with one attached hydrogen (secondary N) is 1. The number of hydrogen-bond donors (Lipinski definition) is 1. The number of anilines is 3. The van der Waals surface area contributed by atoms with Crippen LogP contribution in [0.5, 0.6) is 0 Å². The first kappa shape index (κ1) is 19.1. The molecule has 0 aliphatic carbocycles. The zero-order chi connectivity index (χ0) is 19.2. The van der Waals surface area contributed by atoms with Crippen LogP contribution in [0.2, 0.25) is 0 Å². The predicted octanol–water partition coefficient (Wildman–Crippen LogP) is 3.47. The molecule has 2 saturated heterocycles. The summed E-state index contributed by atoms with van der Waals surface area (Å²) in [5.41, 5.74) is 6.62. The second-order valence-corrected chi connectivity index (χ2v) is 8.28. The highest BCUT2D eigenvalue weighted by Gasteiger charge is 2.17. The number of benzene rings is 1. The van der Waals surface area contributed by atoms with E-state index in [0.717, 1.165) is 68.1 Å². The standard InChI is InChI=1S/C21H27N5OS.H2/c1-17-3-2-4-18(13-17)16-22-24-20-14-19(25-5-9-27-10-6-25)15-21(23-20)26-7-11-28-12-8-26;/h2-4,13-16H,5-12H2,1H3,(H,23,24);1H/b22-16+;. The van der Waals surface area contributed by atoms with Crippen LogP contribution in [0, 0.1) is 6.92 Å². The molecule has 1 aromatic heterocycles. The first-order valence-corrected chi connectivity index (χ1v) is 11.0. The van der Waals surface area contributed by atoms with Crippen molar-refractivity contribution in [1.29, 1.82) is 0 Å². The molecule has 28 heavy (non-hydrogen) atoms. The second-order valence-electron chi connectivity index (χ2n) is 7.05. The summed E-state index contributed by atoms with van der Waals surface area (Å²) in [6, 6.07) is 12.6. The third-order valence-corrected chi connectivity index (χ3v) is 5.89. The van der Waals surface area contributed by atoms with Crippen LogP contribution in [0.25, 0.3) is 0 Å². The minimum Gasteiger partial charge on any atom is -0.378 e. The van der Waals surface area contributed by atoms with E-state index in [1.807, 2.05) is 30.1 Å². The summed E-state index contributed by atoms with van der Waals surface area (Å²) in [5.74, 6) is 4.11. The lowest BCUT2D eigenvalue weighted by molar-refractivity contribution is 0.122. The first-order valence-electron chi connectivity index (χ1n) is 9.81. The maximum absolute atomic E-state index is 5.51. The van der Waals surface area contributed by atoms with Crippen molar-refractivity contribution in [2.45, 2.75) is 6.92 Å². The molecular formula is C21H29N5OS. The van der Waals surface area contributed by atoms with Gasteiger partial charge in [-0.25, -0.2) is 4.98 Å². The normalized spacial score (nSPS) is 17.9. The molecule has 150 valence electrons. The van der Waals surface area contributed by atoms with Crippen molar-refractivity contribution in [3.05, 3.63) is 47.5 Å². The van der Waals surface area contributed by atoms with Crippen molar-refractivity contribution in [1.82, 2.24) is 4.98 Å². The number of ether oxygens (including phenoxy) is 1. The largest absolute Gasteiger partial charge is 0.378 e. The molecular weight excluding hydrogens is 370 g/mol. The van der Waals surface area contributed by atoms with Crippen LogP contribution >= 0.6 is 11.8 Å². The first-order chi connectivity index (χ1) is 13.8. The van der Waals surface area contributed by atoms with Crippen LogP contribution in [0.15, 0.2) is 41.5 Å². The molecule has 6 nitrogen and oxygen atoms in total. The SMILES string of the molecule is Cc1cccc(/C=N/Nc2cc(N3CCOCC3)cc(N3CCSCC3)n2)c1.[HH]. The Bertz CT molecular complexity index is 786. The van der Waals surface area contributed by atoms with E-state index in [4.69, 9.17) is 9.72 Å². The number of hydrazone groups is 1. The molecule has 0 spiro atoms. The monoisotopic (exact) mass is 399 g/mol. The number of nitrogens with zero attached hydrogens (tertiary/aromatic N) is 4. The molecule has 2 fully saturated rings. The maximum atomic E-state index is 5.51. The number of aryl methyl sites for hydroxylation is 1. The Morgan fingerprint density at radius 3 is 2.71 bits per heavy atom. The smallest absolute Gasteiger partial charge is 0.150 e. The van der Waals surface area contributed by atoms with Crippen molar-refractivity contribution >= 4 is 35.3 Å². The van der Waals surface area contributed by atoms with E-state index in [9.17, 15) is 0 Å². The van der Waals surface area contributed by atoms with Gasteiger partial charge < -0.3 is 14.5 Å². The zero-order valence-corrected chi connectivity index (χ0v) is 17.1. The van der Waals surface area contributed by atoms with Gasteiger partial charge in [0.1, 0.15) is 5.82 Å². The zero-order valence-electron chi connectivity index (χ0n) is 16.3. The lowest BCUT2D eigenvalue weighted by Crippen LogP contribution is -2.37. The van der Waals surface area contributed by atoms with Crippen molar-refractivity contribution in [2.24, 2.45) is 5.10 Å². The number of morpholine rings is 1. The van der Waals surface area contributed by atoms with Gasteiger partial charge >= 0.3 is 0 Å². The summed E-state index contributed by atoms with van der Waals surface area (Å²) in [7, 11) is 0. The molecule has 2 aliphatic rings. The van der Waals surface area contributed by atoms with E-state index < -0.39 is 0 Å². The number of rotatable bonds is 5. The number of pyridine rings is 1. The van der Waals surface area contributed by atoms with E-state index in [-0.39, 0.29) is 1.43 Å². The fourth-order valence-electron chi connectivity index (χ4n) is 3.44. The van der Waals surface area contributed by atoms with Crippen LogP contribution in [0.3, 0.4) is 0 Å². The van der Waals surface area contributed by atoms with Gasteiger partial charge in [-0.1, -0.05) is 29.8 Å². The third kappa shape index (κ3) is 4.97. The third-order valence-electron chi connectivity index (χ3n) is 4.94. The van der Waals surface area contributed by atoms with Crippen LogP contribution < -0.4 is 15.2 Å². The Morgan fingerprint density at radius 1 is 1.11 bits per heavy atom. The van der Waals surface area contributed by atoms with Crippen molar-refractivity contribution in [3.63, 3.8) is 0 Å². The highest BCUT2D eigenvalue weighted by atomic mass is 32.2. The quantitative estimate of drug-likeness (QED) is 0.614. The van der Waals surface area contributed by atoms with Crippen LogP contribution in [0.1, 0.15) is 12.6 Å². The average molecular weight is 400 g/mol. The van der Waals surface area contributed by atoms with Crippen molar-refractivity contribution < 1.29 is 6.16 Å². The van der Waals surface area contributed by atoms with E-state index in [1.165, 1.54) is 11.3 Å². The molecule has 0 atom stereocenters. The van der Waals surface area contributed by atoms with E-state index in [2.05, 4.69) is 51.5 Å². The molecule has 0 amide bonds. The average Bonchev–Trinajstić information content (AvgIpc) is 2.75. The maximum Gasteiger partial charge on any atom is 0.150 e. The highest BCUT2D eigenvalue weighted by molar-refractivity contribution is 7.99. The Hall–Kier alpha value is -2.25. The topological polar surface area (TPSA) is 53.0 Å². The van der Waals surface area contributed by atoms with Crippen molar-refractivity contribution in [3.8, 4) is 0 Å². The van der Waals surface area contributed by atoms with Gasteiger partial charge in [0.25, 0.3) is 0 Å². The van der Waals surface area contributed by atoms with Crippen LogP contribution in [0.4, 0.5) is 17.3 Å². The van der Waals surface area contributed by atoms with Gasteiger partial charge in [-0.3, -0.25) is 5.43 Å². The van der Waals surface area contributed by atoms with Gasteiger partial charge in [-0.15, -0.1) is 0 Å². The highest BCUT2D eigenvalue weighted by Crippen LogP contribution is 2.27. The number of hydrogen-bond acceptors (Lipinski definition) is 7. The molecule has 7 heteroatoms. The summed E-state index contributed by atoms with van der Waals surface area (Å²) in [6.45, 7) is 7.52. The summed E-state index contributed by atoms with van der Waals surface area (Å²) < 4.78 is 5.51. The minimum atomic E-state index is 0. The molecule has 2 aliphatic heterocycles. The summed E-state index contributed by atoms with van der Waals surface area (Å²) >= 11 is 2.01. The summed E-state index contributed by atoms with van der Waals surface area (Å²) in [4.78, 5) is 9.57. The van der Waals surface area contributed by atoms with E-state index >= 15 is 0 Å². The lowest BCUT2D eigenvalue weighted by Gasteiger charge is -2.32. The van der Waals surface area contributed by atoms with E-state index in [1.54, 1.807) is 0 Å². The summed E-state index contributed by atoms with van der Waals surface area (Å²) in [6.07, 6.45) is 1.84. The molecule has 0 radical (unpaired) electrons. The minimum absolute atomic E-state index is 0. The molecule has 2 aromatic rings. The molecule has 0 saturated carbocycles. The second kappa shape index (κ2) is 9.30. The van der Waals surface area contributed by atoms with Crippen LogP contribution in [-0.4, -0.2) is 62.1 Å². The Labute approximate surface area is 172 Å². The predicted molar refractivity (Wildman–Crippen MR) is 121 cm³/mol. The fourth-order valence-corrected chi connectivity index (χ4v) is 4.34.